The molecule has 1 aromatic carbocycles. The summed E-state index contributed by atoms with van der Waals surface area (Å²) >= 11 is 12.4. The van der Waals surface area contributed by atoms with Crippen LogP contribution in [0.25, 0.3) is 0 Å². The Hall–Kier alpha value is -1.52. The minimum Gasteiger partial charge on any atom is -0.444 e. The Morgan fingerprint density at radius 3 is 2.31 bits per heavy atom. The zero-order chi connectivity index (χ0) is 21.3. The molecule has 2 aliphatic rings. The Labute approximate surface area is 183 Å². The second-order valence-electron chi connectivity index (χ2n) is 9.06. The van der Waals surface area contributed by atoms with Gasteiger partial charge in [0.2, 0.25) is 0 Å². The number of aryl methyl sites for hydroxylation is 1. The summed E-state index contributed by atoms with van der Waals surface area (Å²) in [5, 5.41) is 0.855. The van der Waals surface area contributed by atoms with E-state index in [1.165, 1.54) is 0 Å². The Bertz CT molecular complexity index is 801. The predicted molar refractivity (Wildman–Crippen MR) is 117 cm³/mol. The molecule has 2 aliphatic heterocycles. The first-order valence-corrected chi connectivity index (χ1v) is 11.0. The molecule has 0 N–H and O–H groups in total. The van der Waals surface area contributed by atoms with Gasteiger partial charge in [-0.25, -0.2) is 4.79 Å². The normalized spacial score (nSPS) is 23.8. The van der Waals surface area contributed by atoms with Gasteiger partial charge in [0.05, 0.1) is 10.0 Å². The molecule has 2 bridgehead atoms. The van der Waals surface area contributed by atoms with E-state index in [0.29, 0.717) is 34.9 Å². The second-order valence-corrected chi connectivity index (χ2v) is 9.87. The molecule has 0 aliphatic carbocycles. The molecule has 6 heteroatoms. The first kappa shape index (κ1) is 22.2. The Morgan fingerprint density at radius 2 is 1.76 bits per heavy atom. The molecule has 29 heavy (non-hydrogen) atoms. The number of ether oxygens (including phenoxy) is 1. The number of ketones is 1. The number of allylic oxidation sites excluding steroid dienone is 1. The highest BCUT2D eigenvalue weighted by Crippen LogP contribution is 2.41. The average Bonchev–Trinajstić information content (AvgIpc) is 2.90. The smallest absolute Gasteiger partial charge is 0.410 e. The number of carbonyl (C=O) groups excluding carboxylic acids is 2. The topological polar surface area (TPSA) is 46.6 Å². The van der Waals surface area contributed by atoms with Gasteiger partial charge in [-0.3, -0.25) is 4.79 Å². The van der Waals surface area contributed by atoms with Crippen LogP contribution in [-0.2, 0) is 11.2 Å². The number of hydrogen-bond acceptors (Lipinski definition) is 3. The van der Waals surface area contributed by atoms with Gasteiger partial charge in [0.25, 0.3) is 0 Å². The number of fused-ring (bicyclic) bond motifs is 2. The van der Waals surface area contributed by atoms with Crippen molar-refractivity contribution < 1.29 is 14.3 Å². The summed E-state index contributed by atoms with van der Waals surface area (Å²) in [6.45, 7) is 9.38. The Kier molecular flexibility index (Phi) is 6.64. The van der Waals surface area contributed by atoms with Gasteiger partial charge >= 0.3 is 6.09 Å². The van der Waals surface area contributed by atoms with Crippen LogP contribution in [-0.4, -0.2) is 34.5 Å². The highest BCUT2D eigenvalue weighted by atomic mass is 35.5. The van der Waals surface area contributed by atoms with Gasteiger partial charge < -0.3 is 9.64 Å². The lowest BCUT2D eigenvalue weighted by Gasteiger charge is -2.39. The zero-order valence-electron chi connectivity index (χ0n) is 17.3. The predicted octanol–water partition coefficient (Wildman–Crippen LogP) is 6.47. The molecule has 3 rings (SSSR count). The Balaban J connectivity index is 1.79. The van der Waals surface area contributed by atoms with Gasteiger partial charge in [-0.05, 0) is 77.0 Å². The fraction of sp³-hybridized carbons (Fsp3) is 0.565. The monoisotopic (exact) mass is 437 g/mol. The minimum atomic E-state index is -0.525. The number of benzene rings is 1. The zero-order valence-corrected chi connectivity index (χ0v) is 18.9. The van der Waals surface area contributed by atoms with Gasteiger partial charge in [-0.15, -0.1) is 6.58 Å². The molecule has 2 unspecified atom stereocenters. The third kappa shape index (κ3) is 4.97. The number of halogens is 2. The molecule has 2 heterocycles. The van der Waals surface area contributed by atoms with Crippen molar-refractivity contribution >= 4 is 35.1 Å². The maximum atomic E-state index is 13.4. The van der Waals surface area contributed by atoms with E-state index in [0.717, 1.165) is 24.8 Å². The first-order chi connectivity index (χ1) is 13.6. The molecule has 158 valence electrons. The number of nitrogens with zero attached hydrogens (tertiary/aromatic N) is 1. The number of amides is 1. The quantitative estimate of drug-likeness (QED) is 0.391. The van der Waals surface area contributed by atoms with Crippen LogP contribution in [0, 0.1) is 5.92 Å². The van der Waals surface area contributed by atoms with E-state index in [2.05, 4.69) is 6.58 Å². The standard InChI is InChI=1S/C23H29Cl2NO3/c1-5-6-7-14-12-19(24)20(25)13-18(14)21(27)15-10-16-8-9-17(11-15)26(16)22(28)29-23(2,3)4/h5,12-13,15-17H,1,6-11H2,2-4H3. The van der Waals surface area contributed by atoms with Crippen molar-refractivity contribution in [2.75, 3.05) is 0 Å². The van der Waals surface area contributed by atoms with Crippen LogP contribution in [0.2, 0.25) is 10.0 Å². The number of Topliss-reactive ketones (excluding diaryl/α,β-unsaturated/α-hetero) is 1. The lowest BCUT2D eigenvalue weighted by molar-refractivity contribution is 0.00253. The van der Waals surface area contributed by atoms with Crippen molar-refractivity contribution in [3.8, 4) is 0 Å². The maximum Gasteiger partial charge on any atom is 0.410 e. The molecule has 1 amide bonds. The first-order valence-electron chi connectivity index (χ1n) is 10.2. The minimum absolute atomic E-state index is 0.0527. The molecule has 2 fully saturated rings. The van der Waals surface area contributed by atoms with Crippen molar-refractivity contribution in [2.45, 2.75) is 77.0 Å². The lowest BCUT2D eigenvalue weighted by atomic mass is 9.83. The van der Waals surface area contributed by atoms with Crippen LogP contribution in [0.3, 0.4) is 0 Å². The fourth-order valence-electron chi connectivity index (χ4n) is 4.51. The summed E-state index contributed by atoms with van der Waals surface area (Å²) in [4.78, 5) is 27.9. The largest absolute Gasteiger partial charge is 0.444 e. The fourth-order valence-corrected chi connectivity index (χ4v) is 4.86. The van der Waals surface area contributed by atoms with Crippen molar-refractivity contribution in [3.63, 3.8) is 0 Å². The summed E-state index contributed by atoms with van der Waals surface area (Å²) in [5.74, 6) is -0.0192. The van der Waals surface area contributed by atoms with E-state index in [1.807, 2.05) is 31.7 Å². The van der Waals surface area contributed by atoms with Crippen molar-refractivity contribution in [3.05, 3.63) is 46.0 Å². The highest BCUT2D eigenvalue weighted by molar-refractivity contribution is 6.42. The van der Waals surface area contributed by atoms with Crippen LogP contribution in [0.15, 0.2) is 24.8 Å². The molecule has 0 radical (unpaired) electrons. The van der Waals surface area contributed by atoms with E-state index in [4.69, 9.17) is 27.9 Å². The SMILES string of the molecule is C=CCCc1cc(Cl)c(Cl)cc1C(=O)C1CC2CCC(C1)N2C(=O)OC(C)(C)C. The van der Waals surface area contributed by atoms with Crippen LogP contribution < -0.4 is 0 Å². The molecule has 0 aromatic heterocycles. The number of rotatable bonds is 5. The molecule has 0 saturated carbocycles. The van der Waals surface area contributed by atoms with Crippen LogP contribution >= 0.6 is 23.2 Å². The van der Waals surface area contributed by atoms with Crippen LogP contribution in [0.5, 0.6) is 0 Å². The summed E-state index contributed by atoms with van der Waals surface area (Å²) in [6, 6.07) is 3.60. The van der Waals surface area contributed by atoms with Crippen molar-refractivity contribution in [1.29, 1.82) is 0 Å². The van der Waals surface area contributed by atoms with Gasteiger partial charge in [-0.1, -0.05) is 29.3 Å². The van der Waals surface area contributed by atoms with E-state index in [9.17, 15) is 9.59 Å². The molecule has 2 saturated heterocycles. The Morgan fingerprint density at radius 1 is 1.17 bits per heavy atom. The molecular weight excluding hydrogens is 409 g/mol. The average molecular weight is 438 g/mol. The van der Waals surface area contributed by atoms with E-state index >= 15 is 0 Å². The molecule has 4 nitrogen and oxygen atoms in total. The number of hydrogen-bond donors (Lipinski definition) is 0. The second kappa shape index (κ2) is 8.69. The van der Waals surface area contributed by atoms with Crippen molar-refractivity contribution in [1.82, 2.24) is 4.90 Å². The van der Waals surface area contributed by atoms with E-state index in [-0.39, 0.29) is 29.9 Å². The maximum absolute atomic E-state index is 13.4. The summed E-state index contributed by atoms with van der Waals surface area (Å²) in [6.07, 6.45) is 6.18. The third-order valence-corrected chi connectivity index (χ3v) is 6.46. The van der Waals surface area contributed by atoms with Gasteiger partial charge in [-0.2, -0.15) is 0 Å². The number of carbonyl (C=O) groups is 2. The van der Waals surface area contributed by atoms with E-state index in [1.54, 1.807) is 12.1 Å². The van der Waals surface area contributed by atoms with Gasteiger partial charge in [0.1, 0.15) is 5.60 Å². The van der Waals surface area contributed by atoms with Crippen LogP contribution in [0.1, 0.15) is 68.8 Å². The third-order valence-electron chi connectivity index (χ3n) is 5.74. The summed E-state index contributed by atoms with van der Waals surface area (Å²) < 4.78 is 5.59. The van der Waals surface area contributed by atoms with Gasteiger partial charge in [0, 0.05) is 23.6 Å². The molecule has 0 spiro atoms. The molecule has 2 atom stereocenters. The lowest BCUT2D eigenvalue weighted by Crippen LogP contribution is -2.49. The summed E-state index contributed by atoms with van der Waals surface area (Å²) in [5.41, 5.74) is 1.03. The van der Waals surface area contributed by atoms with E-state index < -0.39 is 5.60 Å². The molecular formula is C23H29Cl2NO3. The van der Waals surface area contributed by atoms with Crippen molar-refractivity contribution in [2.24, 2.45) is 5.92 Å². The number of piperidine rings is 1. The van der Waals surface area contributed by atoms with Gasteiger partial charge in [0.15, 0.2) is 5.78 Å². The summed E-state index contributed by atoms with van der Waals surface area (Å²) in [7, 11) is 0. The van der Waals surface area contributed by atoms with Crippen LogP contribution in [0.4, 0.5) is 4.79 Å². The molecule has 1 aromatic rings. The highest BCUT2D eigenvalue weighted by Gasteiger charge is 2.46.